The summed E-state index contributed by atoms with van der Waals surface area (Å²) in [4.78, 5) is 12.0. The van der Waals surface area contributed by atoms with Gasteiger partial charge in [0.05, 0.1) is 5.69 Å². The van der Waals surface area contributed by atoms with Crippen molar-refractivity contribution in [2.24, 2.45) is 0 Å². The molecule has 0 bridgehead atoms. The maximum Gasteiger partial charge on any atom is 0.225 e. The largest absolute Gasteiger partial charge is 0.326 e. The number of aromatic nitrogens is 2. The normalized spacial score (nSPS) is 17.2. The highest BCUT2D eigenvalue weighted by Gasteiger charge is 2.17. The minimum atomic E-state index is 0. The highest BCUT2D eigenvalue weighted by molar-refractivity contribution is 5.91. The molecule has 1 unspecified atom stereocenters. The van der Waals surface area contributed by atoms with Gasteiger partial charge in [-0.3, -0.25) is 9.89 Å². The molecule has 1 aliphatic rings. The van der Waals surface area contributed by atoms with Crippen molar-refractivity contribution in [1.29, 1.82) is 0 Å². The van der Waals surface area contributed by atoms with Gasteiger partial charge in [-0.05, 0) is 37.6 Å². The highest BCUT2D eigenvalue weighted by Crippen LogP contribution is 2.20. The molecule has 0 aliphatic carbocycles. The van der Waals surface area contributed by atoms with Gasteiger partial charge in [0.1, 0.15) is 0 Å². The summed E-state index contributed by atoms with van der Waals surface area (Å²) in [6, 6.07) is 10.0. The Kier molecular flexibility index (Phi) is 5.36. The van der Waals surface area contributed by atoms with Crippen LogP contribution in [0, 0.1) is 0 Å². The van der Waals surface area contributed by atoms with Gasteiger partial charge in [-0.25, -0.2) is 0 Å². The molecule has 21 heavy (non-hydrogen) atoms. The van der Waals surface area contributed by atoms with Gasteiger partial charge in [0, 0.05) is 29.9 Å². The Balaban J connectivity index is 0.00000161. The third kappa shape index (κ3) is 4.06. The summed E-state index contributed by atoms with van der Waals surface area (Å²) in [5.41, 5.74) is 2.78. The van der Waals surface area contributed by atoms with Gasteiger partial charge in [-0.15, -0.1) is 12.4 Å². The fraction of sp³-hybridized carbons (Fsp3) is 0.333. The second-order valence-corrected chi connectivity index (χ2v) is 5.10. The molecule has 2 heterocycles. The SMILES string of the molecule is Cl.O=C(CC1CCCN1)Nc1cccc(-c2ccn[nH]2)c1. The van der Waals surface area contributed by atoms with Gasteiger partial charge in [0.25, 0.3) is 0 Å². The molecule has 3 rings (SSSR count). The molecule has 6 heteroatoms. The number of amides is 1. The maximum atomic E-state index is 12.0. The molecule has 0 spiro atoms. The van der Waals surface area contributed by atoms with E-state index in [1.54, 1.807) is 6.20 Å². The quantitative estimate of drug-likeness (QED) is 0.813. The summed E-state index contributed by atoms with van der Waals surface area (Å²) in [5.74, 6) is 0.0613. The Hall–Kier alpha value is -1.85. The number of H-pyrrole nitrogens is 1. The lowest BCUT2D eigenvalue weighted by Gasteiger charge is -2.11. The van der Waals surface area contributed by atoms with Crippen LogP contribution in [0.5, 0.6) is 0 Å². The molecule has 1 aliphatic heterocycles. The second-order valence-electron chi connectivity index (χ2n) is 5.10. The minimum Gasteiger partial charge on any atom is -0.326 e. The predicted octanol–water partition coefficient (Wildman–Crippen LogP) is 2.58. The van der Waals surface area contributed by atoms with E-state index < -0.39 is 0 Å². The number of carbonyl (C=O) groups excluding carboxylic acids is 1. The molecule has 3 N–H and O–H groups in total. The van der Waals surface area contributed by atoms with E-state index in [1.165, 1.54) is 0 Å². The molecule has 0 saturated carbocycles. The number of hydrogen-bond donors (Lipinski definition) is 3. The molecule has 1 aromatic carbocycles. The lowest BCUT2D eigenvalue weighted by atomic mass is 10.1. The second kappa shape index (κ2) is 7.24. The lowest BCUT2D eigenvalue weighted by Crippen LogP contribution is -2.27. The molecule has 2 aromatic rings. The van der Waals surface area contributed by atoms with Crippen molar-refractivity contribution in [2.45, 2.75) is 25.3 Å². The number of aromatic amines is 1. The summed E-state index contributed by atoms with van der Waals surface area (Å²) in [6.07, 6.45) is 4.50. The van der Waals surface area contributed by atoms with Crippen LogP contribution < -0.4 is 10.6 Å². The van der Waals surface area contributed by atoms with E-state index in [9.17, 15) is 4.79 Å². The first-order valence-electron chi connectivity index (χ1n) is 6.94. The van der Waals surface area contributed by atoms with Crippen LogP contribution in [0.15, 0.2) is 36.5 Å². The van der Waals surface area contributed by atoms with E-state index >= 15 is 0 Å². The van der Waals surface area contributed by atoms with E-state index in [1.807, 2.05) is 30.3 Å². The molecular formula is C15H19ClN4O. The first-order chi connectivity index (χ1) is 9.81. The molecule has 1 aromatic heterocycles. The van der Waals surface area contributed by atoms with Crippen LogP contribution in [0.25, 0.3) is 11.3 Å². The van der Waals surface area contributed by atoms with Crippen LogP contribution in [-0.4, -0.2) is 28.7 Å². The predicted molar refractivity (Wildman–Crippen MR) is 85.5 cm³/mol. The molecule has 1 amide bonds. The molecule has 5 nitrogen and oxygen atoms in total. The van der Waals surface area contributed by atoms with Crippen LogP contribution in [0.2, 0.25) is 0 Å². The number of nitrogens with zero attached hydrogens (tertiary/aromatic N) is 1. The third-order valence-electron chi connectivity index (χ3n) is 3.55. The van der Waals surface area contributed by atoms with Gasteiger partial charge in [0.15, 0.2) is 0 Å². The van der Waals surface area contributed by atoms with Crippen LogP contribution in [0.1, 0.15) is 19.3 Å². The van der Waals surface area contributed by atoms with Crippen molar-refractivity contribution in [3.63, 3.8) is 0 Å². The first-order valence-corrected chi connectivity index (χ1v) is 6.94. The van der Waals surface area contributed by atoms with Crippen molar-refractivity contribution >= 4 is 24.0 Å². The summed E-state index contributed by atoms with van der Waals surface area (Å²) in [6.45, 7) is 1.02. The Labute approximate surface area is 129 Å². The number of rotatable bonds is 4. The first kappa shape index (κ1) is 15.5. The Morgan fingerprint density at radius 3 is 3.00 bits per heavy atom. The third-order valence-corrected chi connectivity index (χ3v) is 3.55. The van der Waals surface area contributed by atoms with E-state index in [0.717, 1.165) is 36.3 Å². The summed E-state index contributed by atoms with van der Waals surface area (Å²) in [5, 5.41) is 13.1. The zero-order chi connectivity index (χ0) is 13.8. The molecule has 1 saturated heterocycles. The topological polar surface area (TPSA) is 69.8 Å². The molecule has 112 valence electrons. The van der Waals surface area contributed by atoms with Gasteiger partial charge < -0.3 is 10.6 Å². The number of benzene rings is 1. The number of anilines is 1. The van der Waals surface area contributed by atoms with Gasteiger partial charge in [-0.1, -0.05) is 12.1 Å². The summed E-state index contributed by atoms with van der Waals surface area (Å²) < 4.78 is 0. The zero-order valence-corrected chi connectivity index (χ0v) is 12.5. The fourth-order valence-electron chi connectivity index (χ4n) is 2.55. The zero-order valence-electron chi connectivity index (χ0n) is 11.6. The number of hydrogen-bond acceptors (Lipinski definition) is 3. The van der Waals surface area contributed by atoms with Crippen molar-refractivity contribution in [2.75, 3.05) is 11.9 Å². The van der Waals surface area contributed by atoms with Crippen LogP contribution in [0.4, 0.5) is 5.69 Å². The lowest BCUT2D eigenvalue weighted by molar-refractivity contribution is -0.116. The average Bonchev–Trinajstić information content (AvgIpc) is 3.11. The van der Waals surface area contributed by atoms with Gasteiger partial charge in [-0.2, -0.15) is 5.10 Å². The van der Waals surface area contributed by atoms with E-state index in [2.05, 4.69) is 20.8 Å². The van der Waals surface area contributed by atoms with Crippen LogP contribution >= 0.6 is 12.4 Å². The van der Waals surface area contributed by atoms with Crippen molar-refractivity contribution in [1.82, 2.24) is 15.5 Å². The van der Waals surface area contributed by atoms with Crippen molar-refractivity contribution < 1.29 is 4.79 Å². The Bertz CT molecular complexity index is 579. The number of carbonyl (C=O) groups is 1. The Morgan fingerprint density at radius 2 is 2.29 bits per heavy atom. The van der Waals surface area contributed by atoms with E-state index in [4.69, 9.17) is 0 Å². The fourth-order valence-corrected chi connectivity index (χ4v) is 2.55. The smallest absolute Gasteiger partial charge is 0.225 e. The van der Waals surface area contributed by atoms with E-state index in [-0.39, 0.29) is 18.3 Å². The molecule has 1 fully saturated rings. The summed E-state index contributed by atoms with van der Waals surface area (Å²) >= 11 is 0. The maximum absolute atomic E-state index is 12.0. The Morgan fingerprint density at radius 1 is 1.38 bits per heavy atom. The number of halogens is 1. The van der Waals surface area contributed by atoms with E-state index in [0.29, 0.717) is 12.5 Å². The van der Waals surface area contributed by atoms with Crippen LogP contribution in [0.3, 0.4) is 0 Å². The van der Waals surface area contributed by atoms with Crippen molar-refractivity contribution in [3.05, 3.63) is 36.5 Å². The molecular weight excluding hydrogens is 288 g/mol. The average molecular weight is 307 g/mol. The highest BCUT2D eigenvalue weighted by atomic mass is 35.5. The number of nitrogens with one attached hydrogen (secondary N) is 3. The van der Waals surface area contributed by atoms with Crippen molar-refractivity contribution in [3.8, 4) is 11.3 Å². The van der Waals surface area contributed by atoms with Crippen LogP contribution in [-0.2, 0) is 4.79 Å². The monoisotopic (exact) mass is 306 g/mol. The van der Waals surface area contributed by atoms with Gasteiger partial charge in [0.2, 0.25) is 5.91 Å². The van der Waals surface area contributed by atoms with Gasteiger partial charge >= 0.3 is 0 Å². The summed E-state index contributed by atoms with van der Waals surface area (Å²) in [7, 11) is 0. The molecule has 0 radical (unpaired) electrons. The standard InChI is InChI=1S/C15H18N4O.ClH/c20-15(10-12-5-2-7-16-12)18-13-4-1-3-11(9-13)14-6-8-17-19-14;/h1,3-4,6,8-9,12,16H,2,5,7,10H2,(H,17,19)(H,18,20);1H. The molecule has 1 atom stereocenters. The minimum absolute atomic E-state index is 0.